The Kier molecular flexibility index (Phi) is 2.80. The fraction of sp³-hybridized carbons (Fsp3) is 0.357. The minimum atomic E-state index is -0.681. The highest BCUT2D eigenvalue weighted by atomic mass is 16.4. The number of fused-ring (bicyclic) bond motifs is 1. The number of aliphatic carboxylic acids is 1. The largest absolute Gasteiger partial charge is 0.481 e. The van der Waals surface area contributed by atoms with Crippen molar-refractivity contribution in [2.24, 2.45) is 5.92 Å². The van der Waals surface area contributed by atoms with Crippen molar-refractivity contribution >= 4 is 16.9 Å². The van der Waals surface area contributed by atoms with Crippen LogP contribution in [0, 0.1) is 5.92 Å². The Morgan fingerprint density at radius 3 is 3.06 bits per heavy atom. The highest BCUT2D eigenvalue weighted by molar-refractivity contribution is 5.83. The standard InChI is InChI=1S/C14H16N2O2/c17-14(18)11-7-13(11)15-6-5-9-8-16-12-4-2-1-3-10(9)12/h1-4,8,11,13,15-16H,5-7H2,(H,17,18). The molecule has 1 aliphatic rings. The molecular weight excluding hydrogens is 228 g/mol. The van der Waals surface area contributed by atoms with Gasteiger partial charge in [-0.3, -0.25) is 4.79 Å². The van der Waals surface area contributed by atoms with Crippen LogP contribution in [0.2, 0.25) is 0 Å². The van der Waals surface area contributed by atoms with Crippen molar-refractivity contribution in [3.63, 3.8) is 0 Å². The Hall–Kier alpha value is -1.81. The molecule has 0 saturated heterocycles. The number of hydrogen-bond acceptors (Lipinski definition) is 2. The van der Waals surface area contributed by atoms with E-state index < -0.39 is 5.97 Å². The van der Waals surface area contributed by atoms with Crippen molar-refractivity contribution in [3.05, 3.63) is 36.0 Å². The lowest BCUT2D eigenvalue weighted by Crippen LogP contribution is -2.22. The van der Waals surface area contributed by atoms with E-state index >= 15 is 0 Å². The Bertz CT molecular complexity index is 576. The first-order chi connectivity index (χ1) is 8.75. The maximum atomic E-state index is 10.7. The van der Waals surface area contributed by atoms with Gasteiger partial charge in [-0.25, -0.2) is 0 Å². The molecule has 1 heterocycles. The van der Waals surface area contributed by atoms with Crippen LogP contribution in [-0.4, -0.2) is 28.6 Å². The molecule has 4 heteroatoms. The van der Waals surface area contributed by atoms with Gasteiger partial charge in [0.1, 0.15) is 0 Å². The maximum absolute atomic E-state index is 10.7. The maximum Gasteiger partial charge on any atom is 0.308 e. The lowest BCUT2D eigenvalue weighted by atomic mass is 10.1. The molecule has 0 aliphatic heterocycles. The smallest absolute Gasteiger partial charge is 0.308 e. The highest BCUT2D eigenvalue weighted by Crippen LogP contribution is 2.30. The molecule has 2 aromatic rings. The van der Waals surface area contributed by atoms with E-state index in [1.165, 1.54) is 10.9 Å². The second kappa shape index (κ2) is 4.46. The summed E-state index contributed by atoms with van der Waals surface area (Å²) < 4.78 is 0. The third kappa shape index (κ3) is 2.11. The Morgan fingerprint density at radius 2 is 2.28 bits per heavy atom. The average Bonchev–Trinajstić information content (AvgIpc) is 3.03. The van der Waals surface area contributed by atoms with Gasteiger partial charge in [-0.05, 0) is 31.0 Å². The molecule has 18 heavy (non-hydrogen) atoms. The summed E-state index contributed by atoms with van der Waals surface area (Å²) in [5, 5.41) is 13.4. The normalized spacial score (nSPS) is 22.2. The van der Waals surface area contributed by atoms with E-state index in [1.54, 1.807) is 0 Å². The number of carbonyl (C=O) groups is 1. The first-order valence-electron chi connectivity index (χ1n) is 6.27. The Balaban J connectivity index is 1.56. The van der Waals surface area contributed by atoms with E-state index in [0.29, 0.717) is 0 Å². The number of aromatic nitrogens is 1. The van der Waals surface area contributed by atoms with Gasteiger partial charge in [0.05, 0.1) is 5.92 Å². The SMILES string of the molecule is O=C(O)C1CC1NCCc1c[nH]c2ccccc12. The number of para-hydroxylation sites is 1. The van der Waals surface area contributed by atoms with Gasteiger partial charge < -0.3 is 15.4 Å². The van der Waals surface area contributed by atoms with E-state index in [0.717, 1.165) is 24.9 Å². The summed E-state index contributed by atoms with van der Waals surface area (Å²) in [6, 6.07) is 8.40. The minimum Gasteiger partial charge on any atom is -0.481 e. The number of H-pyrrole nitrogens is 1. The summed E-state index contributed by atoms with van der Waals surface area (Å²) >= 11 is 0. The predicted molar refractivity (Wildman–Crippen MR) is 69.5 cm³/mol. The van der Waals surface area contributed by atoms with Gasteiger partial charge >= 0.3 is 5.97 Å². The molecule has 1 fully saturated rings. The second-order valence-corrected chi connectivity index (χ2v) is 4.85. The van der Waals surface area contributed by atoms with Crippen LogP contribution in [-0.2, 0) is 11.2 Å². The van der Waals surface area contributed by atoms with Gasteiger partial charge in [0.2, 0.25) is 0 Å². The van der Waals surface area contributed by atoms with E-state index in [4.69, 9.17) is 5.11 Å². The zero-order chi connectivity index (χ0) is 12.5. The molecule has 1 saturated carbocycles. The van der Waals surface area contributed by atoms with Crippen molar-refractivity contribution in [2.45, 2.75) is 18.9 Å². The van der Waals surface area contributed by atoms with Crippen LogP contribution in [0.3, 0.4) is 0 Å². The third-order valence-electron chi connectivity index (χ3n) is 3.58. The van der Waals surface area contributed by atoms with Crippen molar-refractivity contribution in [1.29, 1.82) is 0 Å². The minimum absolute atomic E-state index is 0.173. The molecule has 1 aliphatic carbocycles. The lowest BCUT2D eigenvalue weighted by Gasteiger charge is -2.02. The zero-order valence-electron chi connectivity index (χ0n) is 10.0. The predicted octanol–water partition coefficient (Wildman–Crippen LogP) is 1.77. The van der Waals surface area contributed by atoms with Crippen LogP contribution in [0.5, 0.6) is 0 Å². The number of aromatic amines is 1. The molecular formula is C14H16N2O2. The molecule has 3 N–H and O–H groups in total. The van der Waals surface area contributed by atoms with Gasteiger partial charge in [-0.15, -0.1) is 0 Å². The zero-order valence-corrected chi connectivity index (χ0v) is 10.0. The molecule has 1 aromatic heterocycles. The summed E-state index contributed by atoms with van der Waals surface area (Å²) in [5.41, 5.74) is 2.44. The first kappa shape index (κ1) is 11.3. The van der Waals surface area contributed by atoms with E-state index in [9.17, 15) is 4.79 Å². The van der Waals surface area contributed by atoms with E-state index in [2.05, 4.69) is 22.4 Å². The molecule has 3 rings (SSSR count). The third-order valence-corrected chi connectivity index (χ3v) is 3.58. The Morgan fingerprint density at radius 1 is 1.44 bits per heavy atom. The molecule has 4 nitrogen and oxygen atoms in total. The summed E-state index contributed by atoms with van der Waals surface area (Å²) in [5.74, 6) is -0.854. The number of hydrogen-bond donors (Lipinski definition) is 3. The molecule has 0 amide bonds. The molecule has 2 atom stereocenters. The molecule has 0 bridgehead atoms. The number of benzene rings is 1. The monoisotopic (exact) mass is 244 g/mol. The molecule has 0 radical (unpaired) electrons. The van der Waals surface area contributed by atoms with E-state index in [1.807, 2.05) is 18.3 Å². The second-order valence-electron chi connectivity index (χ2n) is 4.85. The van der Waals surface area contributed by atoms with Crippen molar-refractivity contribution in [1.82, 2.24) is 10.3 Å². The number of carboxylic acid groups (broad SMARTS) is 1. The molecule has 0 spiro atoms. The first-order valence-corrected chi connectivity index (χ1v) is 6.27. The Labute approximate surface area is 105 Å². The molecule has 1 aromatic carbocycles. The van der Waals surface area contributed by atoms with Gasteiger partial charge in [0.15, 0.2) is 0 Å². The molecule has 2 unspecified atom stereocenters. The van der Waals surface area contributed by atoms with Gasteiger partial charge in [0.25, 0.3) is 0 Å². The fourth-order valence-electron chi connectivity index (χ4n) is 2.42. The summed E-state index contributed by atoms with van der Waals surface area (Å²) in [6.07, 6.45) is 3.73. The van der Waals surface area contributed by atoms with Crippen molar-refractivity contribution < 1.29 is 9.90 Å². The van der Waals surface area contributed by atoms with Crippen molar-refractivity contribution in [3.8, 4) is 0 Å². The molecule has 94 valence electrons. The fourth-order valence-corrected chi connectivity index (χ4v) is 2.42. The van der Waals surface area contributed by atoms with Crippen molar-refractivity contribution in [2.75, 3.05) is 6.54 Å². The lowest BCUT2D eigenvalue weighted by molar-refractivity contribution is -0.138. The van der Waals surface area contributed by atoms with Crippen LogP contribution in [0.1, 0.15) is 12.0 Å². The topological polar surface area (TPSA) is 65.1 Å². The van der Waals surface area contributed by atoms with Crippen LogP contribution >= 0.6 is 0 Å². The van der Waals surface area contributed by atoms with Crippen LogP contribution in [0.25, 0.3) is 10.9 Å². The van der Waals surface area contributed by atoms with E-state index in [-0.39, 0.29) is 12.0 Å². The van der Waals surface area contributed by atoms with Crippen LogP contribution in [0.4, 0.5) is 0 Å². The quantitative estimate of drug-likeness (QED) is 0.751. The van der Waals surface area contributed by atoms with Crippen LogP contribution < -0.4 is 5.32 Å². The summed E-state index contributed by atoms with van der Waals surface area (Å²) in [7, 11) is 0. The van der Waals surface area contributed by atoms with Gasteiger partial charge in [-0.2, -0.15) is 0 Å². The number of carboxylic acids is 1. The average molecular weight is 244 g/mol. The summed E-state index contributed by atoms with van der Waals surface area (Å²) in [6.45, 7) is 0.830. The van der Waals surface area contributed by atoms with Crippen LogP contribution in [0.15, 0.2) is 30.5 Å². The van der Waals surface area contributed by atoms with Gasteiger partial charge in [0, 0.05) is 23.1 Å². The van der Waals surface area contributed by atoms with Gasteiger partial charge in [-0.1, -0.05) is 18.2 Å². The summed E-state index contributed by atoms with van der Waals surface area (Å²) in [4.78, 5) is 13.9. The number of rotatable bonds is 5. The highest BCUT2D eigenvalue weighted by Gasteiger charge is 2.42. The number of nitrogens with one attached hydrogen (secondary N) is 2.